The van der Waals surface area contributed by atoms with Crippen LogP contribution in [0.15, 0.2) is 22.7 Å². The number of phenols is 1. The molecule has 3 heteroatoms. The number of rotatable bonds is 3. The summed E-state index contributed by atoms with van der Waals surface area (Å²) in [5, 5.41) is 9.83. The lowest BCUT2D eigenvalue weighted by Gasteiger charge is -2.31. The van der Waals surface area contributed by atoms with Gasteiger partial charge in [-0.2, -0.15) is 0 Å². The van der Waals surface area contributed by atoms with Crippen LogP contribution in [-0.4, -0.2) is 23.1 Å². The normalized spacial score (nSPS) is 17.6. The second kappa shape index (κ2) is 5.87. The third kappa shape index (κ3) is 3.46. The lowest BCUT2D eigenvalue weighted by molar-refractivity contribution is 0.183. The fraction of sp³-hybridized carbons (Fsp3) is 0.571. The average Bonchev–Trinajstić information content (AvgIpc) is 2.35. The van der Waals surface area contributed by atoms with Crippen LogP contribution in [0.3, 0.4) is 0 Å². The van der Waals surface area contributed by atoms with Crippen LogP contribution in [0.25, 0.3) is 0 Å². The fourth-order valence-corrected chi connectivity index (χ4v) is 3.01. The van der Waals surface area contributed by atoms with Crippen molar-refractivity contribution in [1.29, 1.82) is 0 Å². The first-order valence-corrected chi connectivity index (χ1v) is 7.14. The van der Waals surface area contributed by atoms with Gasteiger partial charge >= 0.3 is 0 Å². The molecule has 0 heterocycles. The van der Waals surface area contributed by atoms with Crippen molar-refractivity contribution < 1.29 is 5.11 Å². The Balaban J connectivity index is 2.01. The van der Waals surface area contributed by atoms with E-state index in [9.17, 15) is 5.11 Å². The molecule has 0 aromatic heterocycles. The molecule has 0 aliphatic heterocycles. The molecular weight excluding hydrogens is 278 g/mol. The van der Waals surface area contributed by atoms with Gasteiger partial charge in [0.25, 0.3) is 0 Å². The lowest BCUT2D eigenvalue weighted by atomic mass is 9.94. The molecule has 1 N–H and O–H groups in total. The number of benzene rings is 1. The molecule has 0 bridgehead atoms. The summed E-state index contributed by atoms with van der Waals surface area (Å²) in [7, 11) is 2.16. The molecular formula is C14H20BrNO. The first kappa shape index (κ1) is 12.9. The number of hydrogen-bond acceptors (Lipinski definition) is 2. The van der Waals surface area contributed by atoms with Crippen molar-refractivity contribution in [3.63, 3.8) is 0 Å². The van der Waals surface area contributed by atoms with Crippen molar-refractivity contribution in [2.75, 3.05) is 7.05 Å². The number of hydrogen-bond donors (Lipinski definition) is 1. The van der Waals surface area contributed by atoms with Crippen LogP contribution in [-0.2, 0) is 6.54 Å². The van der Waals surface area contributed by atoms with E-state index in [-0.39, 0.29) is 0 Å². The largest absolute Gasteiger partial charge is 0.508 e. The molecule has 1 saturated carbocycles. The summed E-state index contributed by atoms with van der Waals surface area (Å²) in [6.45, 7) is 0.829. The Morgan fingerprint density at radius 1 is 1.29 bits per heavy atom. The molecule has 0 unspecified atom stereocenters. The fourth-order valence-electron chi connectivity index (χ4n) is 2.60. The number of nitrogens with zero attached hydrogens (tertiary/aromatic N) is 1. The molecule has 1 aromatic carbocycles. The monoisotopic (exact) mass is 297 g/mol. The standard InChI is InChI=1S/C14H20BrNO/c1-16(13-5-3-2-4-6-13)10-11-9-12(15)7-8-14(11)17/h7-9,13,17H,2-6,10H2,1H3. The topological polar surface area (TPSA) is 23.5 Å². The van der Waals surface area contributed by atoms with Crippen molar-refractivity contribution in [2.45, 2.75) is 44.7 Å². The van der Waals surface area contributed by atoms with E-state index in [0.717, 1.165) is 16.6 Å². The van der Waals surface area contributed by atoms with Crippen molar-refractivity contribution in [3.8, 4) is 5.75 Å². The maximum atomic E-state index is 9.83. The minimum Gasteiger partial charge on any atom is -0.508 e. The van der Waals surface area contributed by atoms with Gasteiger partial charge in [-0.1, -0.05) is 35.2 Å². The Morgan fingerprint density at radius 3 is 2.71 bits per heavy atom. The van der Waals surface area contributed by atoms with Crippen LogP contribution in [0.5, 0.6) is 5.75 Å². The zero-order valence-corrected chi connectivity index (χ0v) is 11.9. The van der Waals surface area contributed by atoms with Crippen LogP contribution in [0.4, 0.5) is 0 Å². The van der Waals surface area contributed by atoms with E-state index in [4.69, 9.17) is 0 Å². The molecule has 1 aromatic rings. The van der Waals surface area contributed by atoms with E-state index in [2.05, 4.69) is 27.9 Å². The first-order valence-electron chi connectivity index (χ1n) is 6.34. The van der Waals surface area contributed by atoms with Crippen molar-refractivity contribution in [3.05, 3.63) is 28.2 Å². The van der Waals surface area contributed by atoms with Gasteiger partial charge in [0.1, 0.15) is 5.75 Å². The highest BCUT2D eigenvalue weighted by molar-refractivity contribution is 9.10. The molecule has 0 amide bonds. The minimum absolute atomic E-state index is 0.399. The van der Waals surface area contributed by atoms with Gasteiger partial charge in [-0.15, -0.1) is 0 Å². The Labute approximate surface area is 112 Å². The second-order valence-electron chi connectivity index (χ2n) is 4.98. The molecule has 0 saturated heterocycles. The summed E-state index contributed by atoms with van der Waals surface area (Å²) < 4.78 is 1.03. The molecule has 17 heavy (non-hydrogen) atoms. The molecule has 1 aliphatic rings. The van der Waals surface area contributed by atoms with E-state index >= 15 is 0 Å². The van der Waals surface area contributed by atoms with E-state index in [1.807, 2.05) is 12.1 Å². The predicted molar refractivity (Wildman–Crippen MR) is 74.1 cm³/mol. The Bertz CT molecular complexity index is 374. The number of halogens is 1. The van der Waals surface area contributed by atoms with Crippen LogP contribution in [0, 0.1) is 0 Å². The molecule has 1 fully saturated rings. The maximum absolute atomic E-state index is 9.83. The molecule has 1 aliphatic carbocycles. The Morgan fingerprint density at radius 2 is 2.00 bits per heavy atom. The van der Waals surface area contributed by atoms with Gasteiger partial charge in [-0.3, -0.25) is 4.90 Å². The van der Waals surface area contributed by atoms with Crippen LogP contribution >= 0.6 is 15.9 Å². The number of aromatic hydroxyl groups is 1. The lowest BCUT2D eigenvalue weighted by Crippen LogP contribution is -2.32. The van der Waals surface area contributed by atoms with Crippen LogP contribution in [0.2, 0.25) is 0 Å². The average molecular weight is 298 g/mol. The van der Waals surface area contributed by atoms with E-state index in [1.165, 1.54) is 32.1 Å². The van der Waals surface area contributed by atoms with E-state index in [0.29, 0.717) is 11.8 Å². The second-order valence-corrected chi connectivity index (χ2v) is 5.90. The highest BCUT2D eigenvalue weighted by atomic mass is 79.9. The van der Waals surface area contributed by atoms with Gasteiger partial charge in [0.15, 0.2) is 0 Å². The third-order valence-corrected chi connectivity index (χ3v) is 4.15. The summed E-state index contributed by atoms with van der Waals surface area (Å²) in [4.78, 5) is 2.38. The highest BCUT2D eigenvalue weighted by Gasteiger charge is 2.18. The molecule has 0 spiro atoms. The van der Waals surface area contributed by atoms with E-state index in [1.54, 1.807) is 6.07 Å². The van der Waals surface area contributed by atoms with Gasteiger partial charge in [0.05, 0.1) is 0 Å². The van der Waals surface area contributed by atoms with Gasteiger partial charge < -0.3 is 5.11 Å². The summed E-state index contributed by atoms with van der Waals surface area (Å²) in [5.74, 6) is 0.399. The predicted octanol–water partition coefficient (Wildman–Crippen LogP) is 3.92. The van der Waals surface area contributed by atoms with Crippen molar-refractivity contribution in [2.24, 2.45) is 0 Å². The van der Waals surface area contributed by atoms with Gasteiger partial charge in [-0.25, -0.2) is 0 Å². The van der Waals surface area contributed by atoms with Gasteiger partial charge in [0, 0.05) is 22.6 Å². The molecule has 0 radical (unpaired) electrons. The molecule has 94 valence electrons. The first-order chi connectivity index (χ1) is 8.16. The highest BCUT2D eigenvalue weighted by Crippen LogP contribution is 2.26. The van der Waals surface area contributed by atoms with Crippen molar-refractivity contribution in [1.82, 2.24) is 4.90 Å². The number of phenolic OH excluding ortho intramolecular Hbond substituents is 1. The van der Waals surface area contributed by atoms with Gasteiger partial charge in [-0.05, 0) is 38.1 Å². The van der Waals surface area contributed by atoms with E-state index < -0.39 is 0 Å². The molecule has 0 atom stereocenters. The molecule has 2 rings (SSSR count). The Kier molecular flexibility index (Phi) is 4.46. The minimum atomic E-state index is 0.399. The zero-order valence-electron chi connectivity index (χ0n) is 10.3. The zero-order chi connectivity index (χ0) is 12.3. The summed E-state index contributed by atoms with van der Waals surface area (Å²) in [6.07, 6.45) is 6.67. The smallest absolute Gasteiger partial charge is 0.120 e. The quantitative estimate of drug-likeness (QED) is 0.914. The van der Waals surface area contributed by atoms with Crippen LogP contribution in [0.1, 0.15) is 37.7 Å². The van der Waals surface area contributed by atoms with Crippen LogP contribution < -0.4 is 0 Å². The summed E-state index contributed by atoms with van der Waals surface area (Å²) in [5.41, 5.74) is 1.01. The summed E-state index contributed by atoms with van der Waals surface area (Å²) >= 11 is 3.45. The molecule has 2 nitrogen and oxygen atoms in total. The van der Waals surface area contributed by atoms with Gasteiger partial charge in [0.2, 0.25) is 0 Å². The SMILES string of the molecule is CN(Cc1cc(Br)ccc1O)C1CCCCC1. The Hall–Kier alpha value is -0.540. The van der Waals surface area contributed by atoms with Crippen molar-refractivity contribution >= 4 is 15.9 Å². The maximum Gasteiger partial charge on any atom is 0.120 e. The summed E-state index contributed by atoms with van der Waals surface area (Å²) in [6, 6.07) is 6.32. The third-order valence-electron chi connectivity index (χ3n) is 3.66.